The van der Waals surface area contributed by atoms with Gasteiger partial charge in [-0.05, 0) is 35.7 Å². The van der Waals surface area contributed by atoms with Crippen LogP contribution in [0.5, 0.6) is 5.75 Å². The van der Waals surface area contributed by atoms with Crippen molar-refractivity contribution in [2.24, 2.45) is 0 Å². The number of nitrogens with one attached hydrogen (secondary N) is 2. The number of aliphatic carboxylic acids is 1. The molecule has 0 radical (unpaired) electrons. The van der Waals surface area contributed by atoms with Gasteiger partial charge in [-0.25, -0.2) is 14.3 Å². The second kappa shape index (κ2) is 9.03. The van der Waals surface area contributed by atoms with Gasteiger partial charge in [0.1, 0.15) is 11.6 Å². The van der Waals surface area contributed by atoms with E-state index in [9.17, 15) is 18.8 Å². The van der Waals surface area contributed by atoms with Crippen molar-refractivity contribution in [1.82, 2.24) is 15.5 Å². The highest BCUT2D eigenvalue weighted by molar-refractivity contribution is 5.89. The second-order valence-corrected chi connectivity index (χ2v) is 6.43. The third kappa shape index (κ3) is 5.10. The van der Waals surface area contributed by atoms with Crippen molar-refractivity contribution >= 4 is 11.9 Å². The molecule has 0 saturated heterocycles. The molecule has 30 heavy (non-hydrogen) atoms. The van der Waals surface area contributed by atoms with Crippen molar-refractivity contribution in [1.29, 1.82) is 0 Å². The number of methoxy groups -OCH3 is 1. The number of amides is 1. The molecule has 156 valence electrons. The first-order chi connectivity index (χ1) is 14.4. The highest BCUT2D eigenvalue weighted by atomic mass is 19.1. The number of aromatic amines is 1. The van der Waals surface area contributed by atoms with Crippen molar-refractivity contribution in [3.05, 3.63) is 70.3 Å². The van der Waals surface area contributed by atoms with Gasteiger partial charge in [0, 0.05) is 11.6 Å². The van der Waals surface area contributed by atoms with Crippen LogP contribution in [0.25, 0.3) is 11.1 Å². The van der Waals surface area contributed by atoms with E-state index in [-0.39, 0.29) is 12.8 Å². The number of nitrogens with zero attached hydrogens (tertiary/aromatic N) is 1. The monoisotopic (exact) mass is 415 g/mol. The summed E-state index contributed by atoms with van der Waals surface area (Å²) in [7, 11) is 1.49. The molecule has 3 N–H and O–H groups in total. The Hall–Kier alpha value is -3.95. The number of hydrogen-bond acceptors (Lipinski definition) is 6. The van der Waals surface area contributed by atoms with Gasteiger partial charge in [0.2, 0.25) is 0 Å². The van der Waals surface area contributed by atoms with Gasteiger partial charge >= 0.3 is 23.5 Å². The molecular formula is C20H18FN3O6. The summed E-state index contributed by atoms with van der Waals surface area (Å²) in [6.45, 7) is 0. The first-order valence-electron chi connectivity index (χ1n) is 8.86. The maximum Gasteiger partial charge on any atom is 0.434 e. The number of carbonyl (C=O) groups excluding carboxylic acids is 1. The largest absolute Gasteiger partial charge is 0.496 e. The van der Waals surface area contributed by atoms with Gasteiger partial charge < -0.3 is 19.6 Å². The van der Waals surface area contributed by atoms with Crippen molar-refractivity contribution < 1.29 is 28.2 Å². The standard InChI is InChI=1S/C20H18FN3O6/c1-29-16-7-6-13(21)9-15(16)12-4-2-11(3-5-12)8-14(10-17(25)26)22-18(27)19-23-24-20(28)30-19/h2-7,9,14H,8,10H2,1H3,(H,22,27)(H,24,28)(H,25,26). The topological polar surface area (TPSA) is 135 Å². The normalized spacial score (nSPS) is 11.7. The summed E-state index contributed by atoms with van der Waals surface area (Å²) in [5.74, 6) is -3.17. The predicted molar refractivity (Wildman–Crippen MR) is 103 cm³/mol. The molecule has 10 heteroatoms. The average Bonchev–Trinajstić information content (AvgIpc) is 3.14. The smallest absolute Gasteiger partial charge is 0.434 e. The number of H-pyrrole nitrogens is 1. The third-order valence-electron chi connectivity index (χ3n) is 4.30. The summed E-state index contributed by atoms with van der Waals surface area (Å²) in [5.41, 5.74) is 2.03. The van der Waals surface area contributed by atoms with Crippen LogP contribution in [0.3, 0.4) is 0 Å². The van der Waals surface area contributed by atoms with Gasteiger partial charge in [0.05, 0.1) is 13.5 Å². The van der Waals surface area contributed by atoms with E-state index in [1.54, 1.807) is 24.3 Å². The van der Waals surface area contributed by atoms with Crippen LogP contribution < -0.4 is 15.8 Å². The zero-order valence-electron chi connectivity index (χ0n) is 15.8. The van der Waals surface area contributed by atoms with Crippen LogP contribution in [0, 0.1) is 5.82 Å². The minimum absolute atomic E-state index is 0.202. The van der Waals surface area contributed by atoms with Gasteiger partial charge in [-0.15, -0.1) is 5.10 Å². The number of ether oxygens (including phenoxy) is 1. The molecule has 1 heterocycles. The van der Waals surface area contributed by atoms with Crippen LogP contribution in [0.2, 0.25) is 0 Å². The number of carbonyl (C=O) groups is 2. The number of carboxylic acid groups (broad SMARTS) is 1. The summed E-state index contributed by atoms with van der Waals surface area (Å²) in [6.07, 6.45) is -0.146. The molecule has 0 spiro atoms. The molecule has 0 aliphatic heterocycles. The zero-order chi connectivity index (χ0) is 21.7. The summed E-state index contributed by atoms with van der Waals surface area (Å²) in [5, 5.41) is 17.0. The lowest BCUT2D eigenvalue weighted by Crippen LogP contribution is -2.38. The van der Waals surface area contributed by atoms with Crippen molar-refractivity contribution in [2.45, 2.75) is 18.9 Å². The summed E-state index contributed by atoms with van der Waals surface area (Å²) in [6, 6.07) is 10.4. The van der Waals surface area contributed by atoms with Crippen LogP contribution in [0.15, 0.2) is 51.7 Å². The van der Waals surface area contributed by atoms with E-state index in [0.29, 0.717) is 16.9 Å². The fraction of sp³-hybridized carbons (Fsp3) is 0.200. The van der Waals surface area contributed by atoms with Crippen LogP contribution >= 0.6 is 0 Å². The van der Waals surface area contributed by atoms with Gasteiger partial charge in [0.15, 0.2) is 0 Å². The molecule has 1 unspecified atom stereocenters. The lowest BCUT2D eigenvalue weighted by Gasteiger charge is -2.16. The maximum absolute atomic E-state index is 13.6. The second-order valence-electron chi connectivity index (χ2n) is 6.43. The molecule has 0 fully saturated rings. The molecule has 1 aromatic heterocycles. The number of carboxylic acids is 1. The molecular weight excluding hydrogens is 397 g/mol. The van der Waals surface area contributed by atoms with Crippen molar-refractivity contribution in [2.75, 3.05) is 7.11 Å². The van der Waals surface area contributed by atoms with Gasteiger partial charge in [0.25, 0.3) is 0 Å². The fourth-order valence-electron chi connectivity index (χ4n) is 2.97. The number of halogens is 1. The van der Waals surface area contributed by atoms with Gasteiger partial charge in [-0.3, -0.25) is 9.59 Å². The SMILES string of the molecule is COc1ccc(F)cc1-c1ccc(CC(CC(=O)O)NC(=O)c2n[nH]c(=O)o2)cc1. The Morgan fingerprint density at radius 3 is 2.60 bits per heavy atom. The van der Waals surface area contributed by atoms with E-state index in [0.717, 1.165) is 5.56 Å². The Bertz CT molecular complexity index is 1110. The average molecular weight is 415 g/mol. The third-order valence-corrected chi connectivity index (χ3v) is 4.30. The fourth-order valence-corrected chi connectivity index (χ4v) is 2.97. The molecule has 3 rings (SSSR count). The Kier molecular flexibility index (Phi) is 6.26. The Labute approximate surface area is 169 Å². The van der Waals surface area contributed by atoms with Gasteiger partial charge in [-0.1, -0.05) is 24.3 Å². The van der Waals surface area contributed by atoms with E-state index in [1.165, 1.54) is 25.3 Å². The summed E-state index contributed by atoms with van der Waals surface area (Å²) in [4.78, 5) is 34.3. The van der Waals surface area contributed by atoms with E-state index in [4.69, 9.17) is 9.84 Å². The summed E-state index contributed by atoms with van der Waals surface area (Å²) < 4.78 is 23.5. The highest BCUT2D eigenvalue weighted by Gasteiger charge is 2.21. The van der Waals surface area contributed by atoms with E-state index >= 15 is 0 Å². The van der Waals surface area contributed by atoms with Crippen molar-refractivity contribution in [3.8, 4) is 16.9 Å². The molecule has 2 aromatic carbocycles. The molecule has 1 atom stereocenters. The number of aromatic nitrogens is 2. The molecule has 9 nitrogen and oxygen atoms in total. The predicted octanol–water partition coefficient (Wildman–Crippen LogP) is 1.99. The lowest BCUT2D eigenvalue weighted by atomic mass is 9.98. The molecule has 1 amide bonds. The molecule has 0 bridgehead atoms. The van der Waals surface area contributed by atoms with E-state index in [1.807, 2.05) is 5.10 Å². The number of hydrogen-bond donors (Lipinski definition) is 3. The molecule has 0 aliphatic carbocycles. The Balaban J connectivity index is 1.76. The van der Waals surface area contributed by atoms with Crippen LogP contribution in [-0.4, -0.2) is 40.3 Å². The van der Waals surface area contributed by atoms with Crippen molar-refractivity contribution in [3.63, 3.8) is 0 Å². The minimum atomic E-state index is -1.11. The maximum atomic E-state index is 13.6. The number of benzene rings is 2. The first-order valence-corrected chi connectivity index (χ1v) is 8.86. The van der Waals surface area contributed by atoms with Crippen LogP contribution in [0.4, 0.5) is 4.39 Å². The Morgan fingerprint density at radius 2 is 2.00 bits per heavy atom. The highest BCUT2D eigenvalue weighted by Crippen LogP contribution is 2.30. The quantitative estimate of drug-likeness (QED) is 0.512. The van der Waals surface area contributed by atoms with Crippen LogP contribution in [0.1, 0.15) is 22.7 Å². The lowest BCUT2D eigenvalue weighted by molar-refractivity contribution is -0.137. The zero-order valence-corrected chi connectivity index (χ0v) is 15.8. The van der Waals surface area contributed by atoms with E-state index in [2.05, 4.69) is 14.8 Å². The number of rotatable bonds is 8. The first kappa shape index (κ1) is 20.8. The van der Waals surface area contributed by atoms with Crippen LogP contribution in [-0.2, 0) is 11.2 Å². The Morgan fingerprint density at radius 1 is 1.27 bits per heavy atom. The minimum Gasteiger partial charge on any atom is -0.496 e. The molecule has 0 saturated carbocycles. The van der Waals surface area contributed by atoms with Gasteiger partial charge in [-0.2, -0.15) is 0 Å². The summed E-state index contributed by atoms with van der Waals surface area (Å²) >= 11 is 0. The molecule has 3 aromatic rings. The van der Waals surface area contributed by atoms with E-state index < -0.39 is 35.4 Å². The molecule has 0 aliphatic rings.